The minimum Gasteiger partial charge on any atom is -0.322 e. The van der Waals surface area contributed by atoms with Crippen molar-refractivity contribution in [2.24, 2.45) is 0 Å². The fourth-order valence-electron chi connectivity index (χ4n) is 2.99. The first-order valence-corrected chi connectivity index (χ1v) is 9.34. The highest BCUT2D eigenvalue weighted by Crippen LogP contribution is 2.24. The Hall–Kier alpha value is -4.43. The highest BCUT2D eigenvalue weighted by atomic mass is 16.1. The minimum atomic E-state index is -0.256. The van der Waals surface area contributed by atoms with Crippen molar-refractivity contribution < 1.29 is 4.79 Å². The molecule has 4 rings (SSSR count). The van der Waals surface area contributed by atoms with Crippen LogP contribution >= 0.6 is 0 Å². The SMILES string of the molecule is C#Cc1cccc(NC(=O)/C=C/c2cn(-c3ccccc3)nc2-c2cccnc2)c1. The lowest BCUT2D eigenvalue weighted by atomic mass is 10.1. The van der Waals surface area contributed by atoms with Gasteiger partial charge in [0.25, 0.3) is 0 Å². The Morgan fingerprint density at radius 1 is 1.07 bits per heavy atom. The molecule has 0 aliphatic carbocycles. The smallest absolute Gasteiger partial charge is 0.248 e. The van der Waals surface area contributed by atoms with Gasteiger partial charge in [-0.2, -0.15) is 5.10 Å². The summed E-state index contributed by atoms with van der Waals surface area (Å²) < 4.78 is 1.79. The summed E-state index contributed by atoms with van der Waals surface area (Å²) in [6, 6.07) is 20.8. The Bertz CT molecular complexity index is 1240. The van der Waals surface area contributed by atoms with E-state index in [-0.39, 0.29) is 5.91 Å². The number of terminal acetylenes is 1. The van der Waals surface area contributed by atoms with Crippen molar-refractivity contribution in [3.63, 3.8) is 0 Å². The Labute approximate surface area is 174 Å². The number of nitrogens with one attached hydrogen (secondary N) is 1. The maximum Gasteiger partial charge on any atom is 0.248 e. The zero-order chi connectivity index (χ0) is 20.8. The van der Waals surface area contributed by atoms with Crippen LogP contribution in [0.15, 0.2) is 91.4 Å². The van der Waals surface area contributed by atoms with E-state index in [2.05, 4.69) is 16.2 Å². The first-order chi connectivity index (χ1) is 14.7. The van der Waals surface area contributed by atoms with Gasteiger partial charge < -0.3 is 5.32 Å². The van der Waals surface area contributed by atoms with Crippen molar-refractivity contribution in [3.05, 3.63) is 103 Å². The van der Waals surface area contributed by atoms with E-state index in [1.165, 1.54) is 6.08 Å². The van der Waals surface area contributed by atoms with Crippen molar-refractivity contribution in [2.45, 2.75) is 0 Å². The third-order valence-corrected chi connectivity index (χ3v) is 4.41. The Morgan fingerprint density at radius 2 is 1.93 bits per heavy atom. The van der Waals surface area contributed by atoms with E-state index in [9.17, 15) is 4.79 Å². The summed E-state index contributed by atoms with van der Waals surface area (Å²) in [5.74, 6) is 2.30. The van der Waals surface area contributed by atoms with Crippen molar-refractivity contribution >= 4 is 17.7 Å². The monoisotopic (exact) mass is 390 g/mol. The molecule has 0 aliphatic heterocycles. The molecule has 0 bridgehead atoms. The molecule has 0 radical (unpaired) electrons. The molecule has 0 fully saturated rings. The van der Waals surface area contributed by atoms with Gasteiger partial charge in [-0.15, -0.1) is 6.42 Å². The van der Waals surface area contributed by atoms with Crippen LogP contribution in [0.5, 0.6) is 0 Å². The molecule has 0 saturated heterocycles. The van der Waals surface area contributed by atoms with E-state index in [1.54, 1.807) is 41.4 Å². The highest BCUT2D eigenvalue weighted by Gasteiger charge is 2.11. The van der Waals surface area contributed by atoms with Gasteiger partial charge in [-0.3, -0.25) is 9.78 Å². The standard InChI is InChI=1S/C25H18N4O/c1-2-19-8-6-10-22(16-19)27-24(30)14-13-21-18-29(23-11-4-3-5-12-23)28-25(21)20-9-7-15-26-17-20/h1,3-18H,(H,27,30)/b14-13+. The molecule has 1 N–H and O–H groups in total. The second kappa shape index (κ2) is 8.72. The Balaban J connectivity index is 1.63. The molecule has 30 heavy (non-hydrogen) atoms. The van der Waals surface area contributed by atoms with Crippen LogP contribution in [0.2, 0.25) is 0 Å². The highest BCUT2D eigenvalue weighted by molar-refractivity contribution is 6.02. The molecule has 0 spiro atoms. The number of carbonyl (C=O) groups excluding carboxylic acids is 1. The number of nitrogens with zero attached hydrogens (tertiary/aromatic N) is 3. The van der Waals surface area contributed by atoms with Crippen LogP contribution in [0.1, 0.15) is 11.1 Å². The van der Waals surface area contributed by atoms with Gasteiger partial charge in [-0.05, 0) is 48.5 Å². The summed E-state index contributed by atoms with van der Waals surface area (Å²) in [6.45, 7) is 0. The molecule has 0 saturated carbocycles. The number of pyridine rings is 1. The van der Waals surface area contributed by atoms with E-state index < -0.39 is 0 Å². The van der Waals surface area contributed by atoms with E-state index in [0.29, 0.717) is 11.3 Å². The fourth-order valence-corrected chi connectivity index (χ4v) is 2.99. The van der Waals surface area contributed by atoms with Gasteiger partial charge in [0.2, 0.25) is 5.91 Å². The lowest BCUT2D eigenvalue weighted by Gasteiger charge is -2.02. The van der Waals surface area contributed by atoms with Crippen LogP contribution in [-0.4, -0.2) is 20.7 Å². The number of para-hydroxylation sites is 1. The number of anilines is 1. The van der Waals surface area contributed by atoms with Crippen LogP contribution in [0.4, 0.5) is 5.69 Å². The van der Waals surface area contributed by atoms with E-state index in [0.717, 1.165) is 22.5 Å². The lowest BCUT2D eigenvalue weighted by Crippen LogP contribution is -2.07. The maximum absolute atomic E-state index is 12.4. The lowest BCUT2D eigenvalue weighted by molar-refractivity contribution is -0.111. The molecular formula is C25H18N4O. The molecule has 0 atom stereocenters. The minimum absolute atomic E-state index is 0.256. The van der Waals surface area contributed by atoms with Gasteiger partial charge in [0.15, 0.2) is 0 Å². The molecule has 2 aromatic heterocycles. The first kappa shape index (κ1) is 18.9. The topological polar surface area (TPSA) is 59.8 Å². The summed E-state index contributed by atoms with van der Waals surface area (Å²) in [4.78, 5) is 16.6. The normalized spacial score (nSPS) is 10.6. The third kappa shape index (κ3) is 4.34. The number of amides is 1. The molecule has 0 aliphatic rings. The summed E-state index contributed by atoms with van der Waals surface area (Å²) in [5.41, 5.74) is 4.70. The quantitative estimate of drug-likeness (QED) is 0.401. The van der Waals surface area contributed by atoms with Gasteiger partial charge in [-0.25, -0.2) is 4.68 Å². The van der Waals surface area contributed by atoms with Crippen molar-refractivity contribution in [1.82, 2.24) is 14.8 Å². The van der Waals surface area contributed by atoms with E-state index in [1.807, 2.05) is 54.7 Å². The largest absolute Gasteiger partial charge is 0.322 e. The van der Waals surface area contributed by atoms with E-state index >= 15 is 0 Å². The molecule has 5 nitrogen and oxygen atoms in total. The molecular weight excluding hydrogens is 372 g/mol. The molecule has 1 amide bonds. The van der Waals surface area contributed by atoms with Gasteiger partial charge >= 0.3 is 0 Å². The number of rotatable bonds is 5. The predicted octanol–water partition coefficient (Wildman–Crippen LogP) is 4.57. The average molecular weight is 390 g/mol. The van der Waals surface area contributed by atoms with Crippen molar-refractivity contribution in [1.29, 1.82) is 0 Å². The maximum atomic E-state index is 12.4. The second-order valence-corrected chi connectivity index (χ2v) is 6.50. The van der Waals surface area contributed by atoms with Crippen LogP contribution in [-0.2, 0) is 4.79 Å². The average Bonchev–Trinajstić information content (AvgIpc) is 3.23. The molecule has 2 heterocycles. The summed E-state index contributed by atoms with van der Waals surface area (Å²) in [6.07, 6.45) is 14.0. The Morgan fingerprint density at radius 3 is 2.70 bits per heavy atom. The molecule has 0 unspecified atom stereocenters. The van der Waals surface area contributed by atoms with Crippen molar-refractivity contribution in [2.75, 3.05) is 5.32 Å². The number of hydrogen-bond acceptors (Lipinski definition) is 3. The predicted molar refractivity (Wildman–Crippen MR) is 119 cm³/mol. The van der Waals surface area contributed by atoms with Crippen LogP contribution in [0.25, 0.3) is 23.0 Å². The third-order valence-electron chi connectivity index (χ3n) is 4.41. The summed E-state index contributed by atoms with van der Waals surface area (Å²) >= 11 is 0. The van der Waals surface area contributed by atoms with Gasteiger partial charge in [-0.1, -0.05) is 30.2 Å². The molecule has 2 aromatic carbocycles. The number of hydrogen-bond donors (Lipinski definition) is 1. The molecule has 4 aromatic rings. The fraction of sp³-hybridized carbons (Fsp3) is 0. The van der Waals surface area contributed by atoms with Crippen LogP contribution < -0.4 is 5.32 Å². The first-order valence-electron chi connectivity index (χ1n) is 9.34. The van der Waals surface area contributed by atoms with Gasteiger partial charge in [0.05, 0.1) is 5.69 Å². The summed E-state index contributed by atoms with van der Waals surface area (Å²) in [7, 11) is 0. The zero-order valence-electron chi connectivity index (χ0n) is 16.1. The molecule has 5 heteroatoms. The number of aromatic nitrogens is 3. The zero-order valence-corrected chi connectivity index (χ0v) is 16.1. The number of benzene rings is 2. The van der Waals surface area contributed by atoms with Crippen molar-refractivity contribution in [3.8, 4) is 29.3 Å². The van der Waals surface area contributed by atoms with Crippen LogP contribution in [0.3, 0.4) is 0 Å². The van der Waals surface area contributed by atoms with E-state index in [4.69, 9.17) is 11.5 Å². The van der Waals surface area contributed by atoms with Gasteiger partial charge in [0, 0.05) is 47.0 Å². The molecule has 144 valence electrons. The second-order valence-electron chi connectivity index (χ2n) is 6.50. The number of carbonyl (C=O) groups is 1. The van der Waals surface area contributed by atoms with Crippen LogP contribution in [0, 0.1) is 12.3 Å². The summed E-state index contributed by atoms with van der Waals surface area (Å²) in [5, 5.41) is 7.53. The Kier molecular flexibility index (Phi) is 5.50. The van der Waals surface area contributed by atoms with Gasteiger partial charge in [0.1, 0.15) is 5.69 Å².